The lowest BCUT2D eigenvalue weighted by molar-refractivity contribution is -0.136. The Morgan fingerprint density at radius 1 is 1.18 bits per heavy atom. The van der Waals surface area contributed by atoms with Crippen molar-refractivity contribution in [2.24, 2.45) is 5.10 Å². The minimum absolute atomic E-state index is 0.0400. The number of hydrazone groups is 1. The Labute approximate surface area is 139 Å². The van der Waals surface area contributed by atoms with Crippen LogP contribution in [0.3, 0.4) is 0 Å². The van der Waals surface area contributed by atoms with Gasteiger partial charge < -0.3 is 5.11 Å². The Morgan fingerprint density at radius 3 is 2.59 bits per heavy atom. The predicted octanol–water partition coefficient (Wildman–Crippen LogP) is 3.51. The number of carbonyl (C=O) groups is 2. The van der Waals surface area contributed by atoms with Crippen LogP contribution in [0.5, 0.6) is 0 Å². The Hall–Kier alpha value is -1.99. The van der Waals surface area contributed by atoms with Gasteiger partial charge >= 0.3 is 5.97 Å². The zero-order chi connectivity index (χ0) is 15.9. The molecule has 0 atom stereocenters. The van der Waals surface area contributed by atoms with E-state index in [1.54, 1.807) is 18.2 Å². The summed E-state index contributed by atoms with van der Waals surface area (Å²) in [5.74, 6) is -1.25. The van der Waals surface area contributed by atoms with E-state index < -0.39 is 5.97 Å². The van der Waals surface area contributed by atoms with Crippen molar-refractivity contribution in [2.75, 3.05) is 0 Å². The summed E-state index contributed by atoms with van der Waals surface area (Å²) in [6, 6.07) is 10.7. The van der Waals surface area contributed by atoms with Crippen LogP contribution < -0.4 is 5.43 Å². The maximum Gasteiger partial charge on any atom is 0.303 e. The molecule has 114 valence electrons. The zero-order valence-corrected chi connectivity index (χ0v) is 13.9. The predicted molar refractivity (Wildman–Crippen MR) is 89.3 cm³/mol. The molecule has 2 N–H and O–H groups in total. The average molecular weight is 381 g/mol. The standard InChI is InChI=1S/C15H13BrN2O3S/c16-11-5-2-1-4-10(11)15(21)18-17-12(7-8-14(19)20)13-6-3-9-22-13/h1-6,9H,7-8H2,(H,18,21)(H,19,20)/b17-12+. The van der Waals surface area contributed by atoms with E-state index in [2.05, 4.69) is 26.5 Å². The molecule has 0 aliphatic carbocycles. The minimum atomic E-state index is -0.901. The monoisotopic (exact) mass is 380 g/mol. The molecule has 0 saturated carbocycles. The molecule has 0 saturated heterocycles. The molecule has 1 heterocycles. The van der Waals surface area contributed by atoms with Gasteiger partial charge in [-0.1, -0.05) is 18.2 Å². The molecule has 1 aromatic carbocycles. The molecule has 0 radical (unpaired) electrons. The number of rotatable bonds is 6. The van der Waals surface area contributed by atoms with Crippen LogP contribution in [0, 0.1) is 0 Å². The number of nitrogens with one attached hydrogen (secondary N) is 1. The van der Waals surface area contributed by atoms with Gasteiger partial charge in [0.1, 0.15) is 0 Å². The van der Waals surface area contributed by atoms with Crippen LogP contribution in [0.1, 0.15) is 28.1 Å². The van der Waals surface area contributed by atoms with Crippen molar-refractivity contribution >= 4 is 44.9 Å². The molecule has 5 nitrogen and oxygen atoms in total. The summed E-state index contributed by atoms with van der Waals surface area (Å²) in [4.78, 5) is 23.7. The number of carboxylic acids is 1. The maximum atomic E-state index is 12.1. The molecule has 2 rings (SSSR count). The van der Waals surface area contributed by atoms with Crippen LogP contribution in [-0.4, -0.2) is 22.7 Å². The van der Waals surface area contributed by atoms with E-state index in [0.717, 1.165) is 4.88 Å². The molecule has 1 amide bonds. The summed E-state index contributed by atoms with van der Waals surface area (Å²) in [6.07, 6.45) is 0.216. The van der Waals surface area contributed by atoms with Gasteiger partial charge in [0.05, 0.1) is 22.6 Å². The number of amides is 1. The second-order valence-corrected chi connectivity index (χ2v) is 6.15. The summed E-state index contributed by atoms with van der Waals surface area (Å²) in [7, 11) is 0. The van der Waals surface area contributed by atoms with Crippen LogP contribution in [0.2, 0.25) is 0 Å². The average Bonchev–Trinajstić information content (AvgIpc) is 3.01. The third-order valence-electron chi connectivity index (χ3n) is 2.79. The summed E-state index contributed by atoms with van der Waals surface area (Å²) in [5.41, 5.74) is 3.51. The maximum absolute atomic E-state index is 12.1. The summed E-state index contributed by atoms with van der Waals surface area (Å²) < 4.78 is 0.672. The van der Waals surface area contributed by atoms with Gasteiger partial charge in [-0.05, 0) is 39.5 Å². The van der Waals surface area contributed by atoms with E-state index in [4.69, 9.17) is 5.11 Å². The van der Waals surface area contributed by atoms with Crippen LogP contribution >= 0.6 is 27.3 Å². The number of nitrogens with zero attached hydrogens (tertiary/aromatic N) is 1. The van der Waals surface area contributed by atoms with Crippen molar-refractivity contribution in [1.29, 1.82) is 0 Å². The topological polar surface area (TPSA) is 78.8 Å². The third-order valence-corrected chi connectivity index (χ3v) is 4.40. The van der Waals surface area contributed by atoms with Gasteiger partial charge in [-0.3, -0.25) is 9.59 Å². The van der Waals surface area contributed by atoms with Crippen LogP contribution in [-0.2, 0) is 4.79 Å². The van der Waals surface area contributed by atoms with Crippen molar-refractivity contribution in [3.63, 3.8) is 0 Å². The first kappa shape index (κ1) is 16.4. The van der Waals surface area contributed by atoms with Crippen LogP contribution in [0.25, 0.3) is 0 Å². The highest BCUT2D eigenvalue weighted by molar-refractivity contribution is 9.10. The number of aliphatic carboxylic acids is 1. The number of halogens is 1. The SMILES string of the molecule is O=C(O)CC/C(=N\NC(=O)c1ccccc1Br)c1cccs1. The van der Waals surface area contributed by atoms with E-state index in [1.807, 2.05) is 23.6 Å². The molecule has 0 spiro atoms. The Morgan fingerprint density at radius 2 is 1.95 bits per heavy atom. The van der Waals surface area contributed by atoms with Gasteiger partial charge in [-0.2, -0.15) is 5.10 Å². The third kappa shape index (κ3) is 4.51. The second-order valence-electron chi connectivity index (χ2n) is 4.35. The van der Waals surface area contributed by atoms with Gasteiger partial charge in [-0.15, -0.1) is 11.3 Å². The minimum Gasteiger partial charge on any atom is -0.481 e. The Bertz CT molecular complexity index is 699. The fraction of sp³-hybridized carbons (Fsp3) is 0.133. The molecular formula is C15H13BrN2O3S. The number of hydrogen-bond donors (Lipinski definition) is 2. The molecule has 0 aliphatic heterocycles. The number of carbonyl (C=O) groups excluding carboxylic acids is 1. The highest BCUT2D eigenvalue weighted by Crippen LogP contribution is 2.16. The fourth-order valence-corrected chi connectivity index (χ4v) is 2.94. The van der Waals surface area contributed by atoms with Crippen molar-refractivity contribution < 1.29 is 14.7 Å². The van der Waals surface area contributed by atoms with E-state index in [0.29, 0.717) is 15.7 Å². The van der Waals surface area contributed by atoms with Crippen molar-refractivity contribution in [1.82, 2.24) is 5.43 Å². The van der Waals surface area contributed by atoms with Gasteiger partial charge in [-0.25, -0.2) is 5.43 Å². The molecule has 0 unspecified atom stereocenters. The first-order valence-electron chi connectivity index (χ1n) is 6.45. The first-order valence-corrected chi connectivity index (χ1v) is 8.12. The molecule has 1 aromatic heterocycles. The number of hydrogen-bond acceptors (Lipinski definition) is 4. The summed E-state index contributed by atoms with van der Waals surface area (Å²) in [5, 5.41) is 14.8. The van der Waals surface area contributed by atoms with Crippen molar-refractivity contribution in [2.45, 2.75) is 12.8 Å². The quantitative estimate of drug-likeness (QED) is 0.594. The lowest BCUT2D eigenvalue weighted by Crippen LogP contribution is -2.20. The number of thiophene rings is 1. The smallest absolute Gasteiger partial charge is 0.303 e. The summed E-state index contributed by atoms with van der Waals surface area (Å²) in [6.45, 7) is 0. The van der Waals surface area contributed by atoms with Crippen LogP contribution in [0.15, 0.2) is 51.4 Å². The molecular weight excluding hydrogens is 368 g/mol. The molecule has 0 bridgehead atoms. The molecule has 2 aromatic rings. The first-order chi connectivity index (χ1) is 10.6. The normalized spacial score (nSPS) is 11.2. The Balaban J connectivity index is 2.14. The lowest BCUT2D eigenvalue weighted by atomic mass is 10.2. The highest BCUT2D eigenvalue weighted by atomic mass is 79.9. The number of benzene rings is 1. The Kier molecular flexibility index (Phi) is 5.85. The van der Waals surface area contributed by atoms with Gasteiger partial charge in [0.2, 0.25) is 0 Å². The van der Waals surface area contributed by atoms with E-state index >= 15 is 0 Å². The zero-order valence-electron chi connectivity index (χ0n) is 11.5. The fourth-order valence-electron chi connectivity index (χ4n) is 1.73. The number of carboxylic acid groups (broad SMARTS) is 1. The molecule has 7 heteroatoms. The van der Waals surface area contributed by atoms with E-state index in [-0.39, 0.29) is 18.7 Å². The van der Waals surface area contributed by atoms with Gasteiger partial charge in [0, 0.05) is 10.9 Å². The largest absolute Gasteiger partial charge is 0.481 e. The van der Waals surface area contributed by atoms with Crippen molar-refractivity contribution in [3.8, 4) is 0 Å². The van der Waals surface area contributed by atoms with Crippen molar-refractivity contribution in [3.05, 3.63) is 56.7 Å². The second kappa shape index (κ2) is 7.86. The van der Waals surface area contributed by atoms with E-state index in [1.165, 1.54) is 11.3 Å². The molecule has 22 heavy (non-hydrogen) atoms. The van der Waals surface area contributed by atoms with E-state index in [9.17, 15) is 9.59 Å². The van der Waals surface area contributed by atoms with Crippen LogP contribution in [0.4, 0.5) is 0 Å². The highest BCUT2D eigenvalue weighted by Gasteiger charge is 2.11. The summed E-state index contributed by atoms with van der Waals surface area (Å²) >= 11 is 4.76. The lowest BCUT2D eigenvalue weighted by Gasteiger charge is -2.05. The molecule has 0 aliphatic rings. The van der Waals surface area contributed by atoms with Gasteiger partial charge in [0.25, 0.3) is 5.91 Å². The van der Waals surface area contributed by atoms with Gasteiger partial charge in [0.15, 0.2) is 0 Å². The molecule has 0 fully saturated rings.